The Morgan fingerprint density at radius 3 is 2.49 bits per heavy atom. The summed E-state index contributed by atoms with van der Waals surface area (Å²) in [7, 11) is 0. The summed E-state index contributed by atoms with van der Waals surface area (Å²) in [4.78, 5) is 18.7. The molecule has 0 amide bonds. The van der Waals surface area contributed by atoms with E-state index < -0.39 is 11.7 Å². The molecule has 1 atom stereocenters. The van der Waals surface area contributed by atoms with E-state index in [4.69, 9.17) is 15.0 Å². The van der Waals surface area contributed by atoms with Gasteiger partial charge < -0.3 is 9.88 Å². The van der Waals surface area contributed by atoms with Crippen LogP contribution in [-0.2, 0) is 12.7 Å². The fraction of sp³-hybridized carbons (Fsp3) is 0.321. The van der Waals surface area contributed by atoms with Crippen LogP contribution in [0.4, 0.5) is 19.0 Å². The second-order valence-electron chi connectivity index (χ2n) is 10.1. The Hall–Kier alpha value is -4.28. The third-order valence-corrected chi connectivity index (χ3v) is 7.34. The van der Waals surface area contributed by atoms with Crippen molar-refractivity contribution in [2.75, 3.05) is 5.32 Å². The number of nitrogens with zero attached hydrogens (tertiary/aromatic N) is 6. The van der Waals surface area contributed by atoms with Crippen molar-refractivity contribution in [1.29, 1.82) is 0 Å². The van der Waals surface area contributed by atoms with E-state index in [-0.39, 0.29) is 12.6 Å². The molecule has 0 saturated heterocycles. The van der Waals surface area contributed by atoms with Gasteiger partial charge in [-0.2, -0.15) is 18.3 Å². The van der Waals surface area contributed by atoms with E-state index >= 15 is 0 Å². The van der Waals surface area contributed by atoms with Crippen LogP contribution in [-0.4, -0.2) is 40.7 Å². The molecule has 39 heavy (non-hydrogen) atoms. The van der Waals surface area contributed by atoms with Crippen LogP contribution in [0.1, 0.15) is 42.9 Å². The van der Waals surface area contributed by atoms with Gasteiger partial charge in [-0.1, -0.05) is 42.3 Å². The van der Waals surface area contributed by atoms with E-state index in [0.717, 1.165) is 36.1 Å². The van der Waals surface area contributed by atoms with Crippen LogP contribution >= 0.6 is 0 Å². The van der Waals surface area contributed by atoms with E-state index in [0.29, 0.717) is 45.9 Å². The van der Waals surface area contributed by atoms with Crippen LogP contribution < -0.4 is 5.32 Å². The molecule has 1 aliphatic rings. The second-order valence-corrected chi connectivity index (χ2v) is 10.1. The summed E-state index contributed by atoms with van der Waals surface area (Å²) in [6.07, 6.45) is 0.577. The predicted molar refractivity (Wildman–Crippen MR) is 142 cm³/mol. The normalized spacial score (nSPS) is 14.9. The summed E-state index contributed by atoms with van der Waals surface area (Å²) >= 11 is 0. The van der Waals surface area contributed by atoms with Gasteiger partial charge in [0.15, 0.2) is 11.5 Å². The molecule has 5 aromatic rings. The van der Waals surface area contributed by atoms with Gasteiger partial charge in [0, 0.05) is 18.2 Å². The number of nitrogens with one attached hydrogen (secondary N) is 2. The lowest BCUT2D eigenvalue weighted by molar-refractivity contribution is -0.137. The summed E-state index contributed by atoms with van der Waals surface area (Å²) in [5, 5.41) is 10.5. The second kappa shape index (κ2) is 9.79. The molecule has 1 aliphatic carbocycles. The number of aromatic nitrogens is 7. The van der Waals surface area contributed by atoms with Crippen LogP contribution in [0.3, 0.4) is 0 Å². The highest BCUT2D eigenvalue weighted by Gasteiger charge is 2.30. The zero-order chi connectivity index (χ0) is 27.1. The minimum absolute atomic E-state index is 0.161. The average molecular weight is 533 g/mol. The Kier molecular flexibility index (Phi) is 6.28. The molecule has 3 heterocycles. The van der Waals surface area contributed by atoms with Crippen molar-refractivity contribution in [1.82, 2.24) is 34.7 Å². The monoisotopic (exact) mass is 532 g/mol. The number of rotatable bonds is 7. The van der Waals surface area contributed by atoms with Crippen LogP contribution in [0.2, 0.25) is 0 Å². The highest BCUT2D eigenvalue weighted by Crippen LogP contribution is 2.35. The molecule has 0 radical (unpaired) electrons. The topological polar surface area (TPSA) is 97.2 Å². The number of benzene rings is 2. The molecular weight excluding hydrogens is 505 g/mol. The molecule has 200 valence electrons. The first-order chi connectivity index (χ1) is 18.8. The Morgan fingerprint density at radius 2 is 1.85 bits per heavy atom. The molecule has 11 heteroatoms. The van der Waals surface area contributed by atoms with Crippen molar-refractivity contribution in [2.24, 2.45) is 5.92 Å². The van der Waals surface area contributed by atoms with Crippen molar-refractivity contribution < 1.29 is 13.2 Å². The van der Waals surface area contributed by atoms with Crippen molar-refractivity contribution >= 4 is 17.0 Å². The van der Waals surface area contributed by atoms with Crippen LogP contribution in [0, 0.1) is 12.8 Å². The first-order valence-corrected chi connectivity index (χ1v) is 12.9. The SMILES string of the molecule is Cc1cccc(-c2nc3nc(-c4nc[nH]n4)nc(N[C@H](C)C4CCC4)c3n2Cc2ccc(C(F)(F)F)cc2)c1. The number of alkyl halides is 3. The van der Waals surface area contributed by atoms with Gasteiger partial charge in [-0.05, 0) is 56.4 Å². The summed E-state index contributed by atoms with van der Waals surface area (Å²) in [5.74, 6) is 2.46. The van der Waals surface area contributed by atoms with Gasteiger partial charge in [0.25, 0.3) is 0 Å². The number of aromatic amines is 1. The molecule has 0 bridgehead atoms. The van der Waals surface area contributed by atoms with Gasteiger partial charge in [0.1, 0.15) is 17.7 Å². The molecule has 0 unspecified atom stereocenters. The maximum atomic E-state index is 13.2. The highest BCUT2D eigenvalue weighted by molar-refractivity contribution is 5.88. The zero-order valence-electron chi connectivity index (χ0n) is 21.5. The first-order valence-electron chi connectivity index (χ1n) is 12.9. The number of fused-ring (bicyclic) bond motifs is 1. The molecular formula is C28H27F3N8. The Morgan fingerprint density at radius 1 is 1.05 bits per heavy atom. The quantitative estimate of drug-likeness (QED) is 0.257. The van der Waals surface area contributed by atoms with Gasteiger partial charge >= 0.3 is 6.18 Å². The van der Waals surface area contributed by atoms with Crippen molar-refractivity contribution in [3.05, 3.63) is 71.5 Å². The molecule has 1 fully saturated rings. The molecule has 0 aliphatic heterocycles. The standard InChI is InChI=1S/C28H27F3N8/c1-16-5-3-8-20(13-16)27-37-24-22(39(27)14-18-9-11-21(12-10-18)28(29,30)31)23(34-17(2)19-6-4-7-19)35-26(36-24)25-32-15-33-38-25/h3,5,8-13,15,17,19H,4,6-7,14H2,1-2H3,(H,32,33,38)(H,34,35,36)/t17-/m1/s1. The Bertz CT molecular complexity index is 1600. The van der Waals surface area contributed by atoms with Gasteiger partial charge in [-0.15, -0.1) is 0 Å². The van der Waals surface area contributed by atoms with E-state index in [1.54, 1.807) is 0 Å². The van der Waals surface area contributed by atoms with Crippen LogP contribution in [0.15, 0.2) is 54.9 Å². The molecule has 0 spiro atoms. The minimum atomic E-state index is -4.40. The van der Waals surface area contributed by atoms with Gasteiger partial charge in [0.2, 0.25) is 11.6 Å². The Labute approximate surface area is 222 Å². The van der Waals surface area contributed by atoms with Crippen molar-refractivity contribution in [3.8, 4) is 23.0 Å². The average Bonchev–Trinajstić information content (AvgIpc) is 3.52. The lowest BCUT2D eigenvalue weighted by atomic mass is 9.80. The molecule has 3 aromatic heterocycles. The first kappa shape index (κ1) is 25.0. The summed E-state index contributed by atoms with van der Waals surface area (Å²) in [6.45, 7) is 4.43. The summed E-state index contributed by atoms with van der Waals surface area (Å²) in [5.41, 5.74) is 3.08. The zero-order valence-corrected chi connectivity index (χ0v) is 21.5. The maximum absolute atomic E-state index is 13.2. The van der Waals surface area contributed by atoms with Crippen molar-refractivity contribution in [2.45, 2.75) is 51.9 Å². The highest BCUT2D eigenvalue weighted by atomic mass is 19.4. The number of anilines is 1. The fourth-order valence-electron chi connectivity index (χ4n) is 4.97. The van der Waals surface area contributed by atoms with Gasteiger partial charge in [-0.3, -0.25) is 5.10 Å². The summed E-state index contributed by atoms with van der Waals surface area (Å²) < 4.78 is 41.6. The Balaban J connectivity index is 1.53. The largest absolute Gasteiger partial charge is 0.416 e. The van der Waals surface area contributed by atoms with Gasteiger partial charge in [-0.25, -0.2) is 19.9 Å². The number of H-pyrrole nitrogens is 1. The lowest BCUT2D eigenvalue weighted by Crippen LogP contribution is -2.31. The lowest BCUT2D eigenvalue weighted by Gasteiger charge is -2.32. The van der Waals surface area contributed by atoms with Crippen LogP contribution in [0.5, 0.6) is 0 Å². The smallest absolute Gasteiger partial charge is 0.365 e. The summed E-state index contributed by atoms with van der Waals surface area (Å²) in [6, 6.07) is 13.3. The number of aryl methyl sites for hydroxylation is 1. The molecule has 6 rings (SSSR count). The molecule has 1 saturated carbocycles. The van der Waals surface area contributed by atoms with E-state index in [1.807, 2.05) is 35.8 Å². The number of imidazole rings is 1. The third kappa shape index (κ3) is 4.96. The minimum Gasteiger partial charge on any atom is -0.365 e. The predicted octanol–water partition coefficient (Wildman–Crippen LogP) is 6.25. The third-order valence-electron chi connectivity index (χ3n) is 7.34. The fourth-order valence-corrected chi connectivity index (χ4v) is 4.97. The number of hydrogen-bond donors (Lipinski definition) is 2. The number of halogens is 3. The van der Waals surface area contributed by atoms with E-state index in [2.05, 4.69) is 27.4 Å². The van der Waals surface area contributed by atoms with E-state index in [9.17, 15) is 13.2 Å². The molecule has 8 nitrogen and oxygen atoms in total. The van der Waals surface area contributed by atoms with E-state index in [1.165, 1.54) is 24.9 Å². The van der Waals surface area contributed by atoms with Crippen molar-refractivity contribution in [3.63, 3.8) is 0 Å². The molecule has 2 N–H and O–H groups in total. The molecule has 2 aromatic carbocycles. The van der Waals surface area contributed by atoms with Gasteiger partial charge in [0.05, 0.1) is 5.56 Å². The van der Waals surface area contributed by atoms with Crippen LogP contribution in [0.25, 0.3) is 34.2 Å². The number of hydrogen-bond acceptors (Lipinski definition) is 6. The maximum Gasteiger partial charge on any atom is 0.416 e.